The van der Waals surface area contributed by atoms with E-state index in [1.165, 1.54) is 26.2 Å². The number of anilines is 1. The molecule has 19 heavy (non-hydrogen) atoms. The molecular formula is C11H18ClN3O3S. The largest absolute Gasteiger partial charge is 0.325 e. The van der Waals surface area contributed by atoms with E-state index in [-0.39, 0.29) is 23.2 Å². The molecule has 1 rings (SSSR count). The summed E-state index contributed by atoms with van der Waals surface area (Å²) in [7, 11) is -0.611. The first-order chi connectivity index (χ1) is 8.25. The molecule has 0 heterocycles. The highest BCUT2D eigenvalue weighted by atomic mass is 35.5. The first-order valence-electron chi connectivity index (χ1n) is 5.34. The number of hydrogen-bond acceptors (Lipinski definition) is 4. The monoisotopic (exact) mass is 307 g/mol. The summed E-state index contributed by atoms with van der Waals surface area (Å²) in [4.78, 5) is 11.5. The number of carbonyl (C=O) groups is 1. The second-order valence-corrected chi connectivity index (χ2v) is 6.25. The topological polar surface area (TPSA) is 92.5 Å². The number of nitrogens with one attached hydrogen (secondary N) is 1. The van der Waals surface area contributed by atoms with Gasteiger partial charge in [-0.05, 0) is 25.1 Å². The average Bonchev–Trinajstić information content (AvgIpc) is 2.28. The van der Waals surface area contributed by atoms with Crippen molar-refractivity contribution in [3.63, 3.8) is 0 Å². The molecule has 0 fully saturated rings. The molecule has 0 aliphatic rings. The van der Waals surface area contributed by atoms with E-state index >= 15 is 0 Å². The molecule has 8 heteroatoms. The third kappa shape index (κ3) is 4.46. The van der Waals surface area contributed by atoms with Gasteiger partial charge in [-0.1, -0.05) is 6.07 Å². The van der Waals surface area contributed by atoms with Crippen LogP contribution in [0.5, 0.6) is 0 Å². The number of halogens is 1. The van der Waals surface area contributed by atoms with Gasteiger partial charge in [-0.25, -0.2) is 12.7 Å². The molecular weight excluding hydrogens is 290 g/mol. The summed E-state index contributed by atoms with van der Waals surface area (Å²) in [6, 6.07) is 5.38. The van der Waals surface area contributed by atoms with Crippen molar-refractivity contribution in [2.24, 2.45) is 5.73 Å². The van der Waals surface area contributed by atoms with E-state index in [1.54, 1.807) is 19.1 Å². The minimum absolute atomic E-state index is 0. The fourth-order valence-corrected chi connectivity index (χ4v) is 2.15. The number of carbonyl (C=O) groups excluding carboxylic acids is 1. The quantitative estimate of drug-likeness (QED) is 0.854. The van der Waals surface area contributed by atoms with Gasteiger partial charge in [0.1, 0.15) is 0 Å². The van der Waals surface area contributed by atoms with Gasteiger partial charge < -0.3 is 11.1 Å². The zero-order valence-electron chi connectivity index (χ0n) is 11.0. The normalized spacial score (nSPS) is 12.7. The average molecular weight is 308 g/mol. The van der Waals surface area contributed by atoms with Crippen LogP contribution < -0.4 is 11.1 Å². The van der Waals surface area contributed by atoms with Crippen LogP contribution in [0.15, 0.2) is 29.2 Å². The SMILES string of the molecule is C[C@H](N)C(=O)Nc1cccc(S(=O)(=O)N(C)C)c1.Cl. The Morgan fingerprint density at radius 1 is 1.37 bits per heavy atom. The summed E-state index contributed by atoms with van der Waals surface area (Å²) < 4.78 is 24.9. The Balaban J connectivity index is 0.00000324. The number of nitrogens with zero attached hydrogens (tertiary/aromatic N) is 1. The summed E-state index contributed by atoms with van der Waals surface area (Å²) in [6.45, 7) is 1.55. The van der Waals surface area contributed by atoms with Crippen molar-refractivity contribution < 1.29 is 13.2 Å². The maximum absolute atomic E-state index is 11.9. The standard InChI is InChI=1S/C11H17N3O3S.ClH/c1-8(12)11(15)13-9-5-4-6-10(7-9)18(16,17)14(2)3;/h4-8H,12H2,1-3H3,(H,13,15);1H/t8-;/m0./s1. The van der Waals surface area contributed by atoms with E-state index in [9.17, 15) is 13.2 Å². The number of rotatable bonds is 4. The van der Waals surface area contributed by atoms with Crippen molar-refractivity contribution in [2.75, 3.05) is 19.4 Å². The highest BCUT2D eigenvalue weighted by molar-refractivity contribution is 7.89. The second kappa shape index (κ2) is 6.85. The van der Waals surface area contributed by atoms with Crippen molar-refractivity contribution >= 4 is 34.0 Å². The molecule has 1 aromatic rings. The van der Waals surface area contributed by atoms with Crippen LogP contribution in [0, 0.1) is 0 Å². The lowest BCUT2D eigenvalue weighted by molar-refractivity contribution is -0.117. The molecule has 0 radical (unpaired) electrons. The molecule has 3 N–H and O–H groups in total. The fraction of sp³-hybridized carbons (Fsp3) is 0.364. The van der Waals surface area contributed by atoms with Crippen LogP contribution in [0.3, 0.4) is 0 Å². The Kier molecular flexibility index (Phi) is 6.44. The molecule has 0 bridgehead atoms. The Hall–Kier alpha value is -1.15. The van der Waals surface area contributed by atoms with E-state index in [0.29, 0.717) is 5.69 Å². The summed E-state index contributed by atoms with van der Waals surface area (Å²) in [5.74, 6) is -0.366. The lowest BCUT2D eigenvalue weighted by atomic mass is 10.3. The van der Waals surface area contributed by atoms with Gasteiger partial charge in [0, 0.05) is 19.8 Å². The first kappa shape index (κ1) is 17.8. The first-order valence-corrected chi connectivity index (χ1v) is 6.78. The maximum Gasteiger partial charge on any atom is 0.242 e. The van der Waals surface area contributed by atoms with Gasteiger partial charge in [0.25, 0.3) is 0 Å². The number of benzene rings is 1. The van der Waals surface area contributed by atoms with Crippen molar-refractivity contribution in [3.05, 3.63) is 24.3 Å². The van der Waals surface area contributed by atoms with Gasteiger partial charge in [0.2, 0.25) is 15.9 Å². The Bertz CT molecular complexity index is 544. The lowest BCUT2D eigenvalue weighted by Gasteiger charge is -2.13. The molecule has 1 atom stereocenters. The van der Waals surface area contributed by atoms with Gasteiger partial charge in [0.05, 0.1) is 10.9 Å². The van der Waals surface area contributed by atoms with Gasteiger partial charge in [-0.15, -0.1) is 12.4 Å². The van der Waals surface area contributed by atoms with Crippen LogP contribution in [0.4, 0.5) is 5.69 Å². The molecule has 0 saturated heterocycles. The number of nitrogens with two attached hydrogens (primary N) is 1. The number of amides is 1. The molecule has 0 spiro atoms. The summed E-state index contributed by atoms with van der Waals surface area (Å²) >= 11 is 0. The van der Waals surface area contributed by atoms with E-state index in [0.717, 1.165) is 4.31 Å². The Morgan fingerprint density at radius 3 is 2.42 bits per heavy atom. The van der Waals surface area contributed by atoms with Crippen molar-refractivity contribution in [1.29, 1.82) is 0 Å². The zero-order valence-corrected chi connectivity index (χ0v) is 12.6. The molecule has 1 amide bonds. The van der Waals surface area contributed by atoms with Crippen molar-refractivity contribution in [3.8, 4) is 0 Å². The molecule has 6 nitrogen and oxygen atoms in total. The van der Waals surface area contributed by atoms with E-state index in [4.69, 9.17) is 5.73 Å². The molecule has 108 valence electrons. The summed E-state index contributed by atoms with van der Waals surface area (Å²) in [5, 5.41) is 2.55. The number of sulfonamides is 1. The predicted molar refractivity (Wildman–Crippen MR) is 76.8 cm³/mol. The Morgan fingerprint density at radius 2 is 1.95 bits per heavy atom. The Labute approximate surface area is 119 Å². The molecule has 0 unspecified atom stereocenters. The predicted octanol–water partition coefficient (Wildman–Crippen LogP) is 0.644. The van der Waals surface area contributed by atoms with Crippen LogP contribution >= 0.6 is 12.4 Å². The van der Waals surface area contributed by atoms with Crippen LogP contribution in [0.2, 0.25) is 0 Å². The van der Waals surface area contributed by atoms with Crippen molar-refractivity contribution in [2.45, 2.75) is 17.9 Å². The minimum Gasteiger partial charge on any atom is -0.325 e. The molecule has 0 aliphatic carbocycles. The van der Waals surface area contributed by atoms with Crippen LogP contribution in [0.1, 0.15) is 6.92 Å². The fourth-order valence-electron chi connectivity index (χ4n) is 1.20. The van der Waals surface area contributed by atoms with E-state index in [2.05, 4.69) is 5.32 Å². The molecule has 0 aliphatic heterocycles. The van der Waals surface area contributed by atoms with E-state index in [1.807, 2.05) is 0 Å². The summed E-state index contributed by atoms with van der Waals surface area (Å²) in [5.41, 5.74) is 5.82. The van der Waals surface area contributed by atoms with Gasteiger partial charge >= 0.3 is 0 Å². The van der Waals surface area contributed by atoms with Crippen LogP contribution in [-0.2, 0) is 14.8 Å². The summed E-state index contributed by atoms with van der Waals surface area (Å²) in [6.07, 6.45) is 0. The minimum atomic E-state index is -3.50. The molecule has 0 aromatic heterocycles. The third-order valence-electron chi connectivity index (χ3n) is 2.29. The van der Waals surface area contributed by atoms with Crippen LogP contribution in [0.25, 0.3) is 0 Å². The smallest absolute Gasteiger partial charge is 0.242 e. The van der Waals surface area contributed by atoms with Gasteiger partial charge in [-0.2, -0.15) is 0 Å². The van der Waals surface area contributed by atoms with Gasteiger partial charge in [0.15, 0.2) is 0 Å². The van der Waals surface area contributed by atoms with Gasteiger partial charge in [-0.3, -0.25) is 4.79 Å². The highest BCUT2D eigenvalue weighted by Crippen LogP contribution is 2.17. The number of hydrogen-bond donors (Lipinski definition) is 2. The van der Waals surface area contributed by atoms with Crippen molar-refractivity contribution in [1.82, 2.24) is 4.31 Å². The molecule has 1 aromatic carbocycles. The highest BCUT2D eigenvalue weighted by Gasteiger charge is 2.17. The second-order valence-electron chi connectivity index (χ2n) is 4.09. The third-order valence-corrected chi connectivity index (χ3v) is 4.10. The molecule has 0 saturated carbocycles. The lowest BCUT2D eigenvalue weighted by Crippen LogP contribution is -2.32. The zero-order chi connectivity index (χ0) is 13.9. The maximum atomic E-state index is 11.9. The van der Waals surface area contributed by atoms with Crippen LogP contribution in [-0.4, -0.2) is 38.8 Å². The van der Waals surface area contributed by atoms with E-state index < -0.39 is 16.1 Å².